The van der Waals surface area contributed by atoms with E-state index in [1.165, 1.54) is 13.0 Å². The van der Waals surface area contributed by atoms with Gasteiger partial charge in [0.2, 0.25) is 15.9 Å². The van der Waals surface area contributed by atoms with Crippen molar-refractivity contribution in [1.82, 2.24) is 4.72 Å². The molecule has 1 amide bonds. The Morgan fingerprint density at radius 3 is 2.62 bits per heavy atom. The van der Waals surface area contributed by atoms with Crippen LogP contribution in [0.25, 0.3) is 0 Å². The number of benzene rings is 1. The third-order valence-electron chi connectivity index (χ3n) is 3.57. The number of hydrogen-bond acceptors (Lipinski definition) is 4. The summed E-state index contributed by atoms with van der Waals surface area (Å²) >= 11 is 0. The molecule has 116 valence electrons. The Balaban J connectivity index is 2.12. The number of nitrogens with one attached hydrogen (secondary N) is 2. The second-order valence-corrected chi connectivity index (χ2v) is 7.24. The summed E-state index contributed by atoms with van der Waals surface area (Å²) in [5.41, 5.74) is 1.07. The number of carbonyl (C=O) groups excluding carboxylic acids is 1. The number of anilines is 1. The number of aliphatic hydroxyl groups excluding tert-OH is 1. The van der Waals surface area contributed by atoms with Crippen LogP contribution in [0.4, 0.5) is 5.69 Å². The number of rotatable bonds is 5. The smallest absolute Gasteiger partial charge is 0.240 e. The maximum absolute atomic E-state index is 12.3. The average Bonchev–Trinajstić information content (AvgIpc) is 2.35. The molecule has 0 unspecified atom stereocenters. The molecule has 0 saturated heterocycles. The highest BCUT2D eigenvalue weighted by Gasteiger charge is 2.28. The van der Waals surface area contributed by atoms with Gasteiger partial charge in [-0.05, 0) is 43.4 Å². The minimum Gasteiger partial charge on any atom is -0.393 e. The van der Waals surface area contributed by atoms with Gasteiger partial charge in [0.05, 0.1) is 11.0 Å². The Morgan fingerprint density at radius 2 is 2.05 bits per heavy atom. The average molecular weight is 312 g/mol. The summed E-state index contributed by atoms with van der Waals surface area (Å²) in [6, 6.07) is 4.78. The molecule has 0 aromatic heterocycles. The molecule has 3 N–H and O–H groups in total. The molecule has 2 rings (SSSR count). The summed E-state index contributed by atoms with van der Waals surface area (Å²) in [5.74, 6) is -0.0628. The number of aryl methyl sites for hydroxylation is 1. The van der Waals surface area contributed by atoms with Gasteiger partial charge in [-0.2, -0.15) is 0 Å². The van der Waals surface area contributed by atoms with Crippen LogP contribution in [-0.2, 0) is 14.8 Å². The quantitative estimate of drug-likeness (QED) is 0.756. The molecule has 0 bridgehead atoms. The van der Waals surface area contributed by atoms with Crippen molar-refractivity contribution in [3.8, 4) is 0 Å². The minimum absolute atomic E-state index is 0.161. The van der Waals surface area contributed by atoms with Crippen LogP contribution < -0.4 is 10.0 Å². The van der Waals surface area contributed by atoms with Gasteiger partial charge in [0.1, 0.15) is 0 Å². The second-order valence-electron chi connectivity index (χ2n) is 5.50. The molecule has 0 heterocycles. The van der Waals surface area contributed by atoms with Crippen LogP contribution in [0, 0.1) is 12.8 Å². The molecule has 0 aliphatic heterocycles. The topological polar surface area (TPSA) is 95.5 Å². The molecule has 7 heteroatoms. The Bertz CT molecular complexity index is 636. The van der Waals surface area contributed by atoms with Crippen molar-refractivity contribution in [2.24, 2.45) is 5.92 Å². The first kappa shape index (κ1) is 15.9. The summed E-state index contributed by atoms with van der Waals surface area (Å²) in [4.78, 5) is 11.2. The molecule has 6 nitrogen and oxygen atoms in total. The Hall–Kier alpha value is -1.44. The van der Waals surface area contributed by atoms with Crippen LogP contribution in [0.1, 0.15) is 25.3 Å². The van der Waals surface area contributed by atoms with Gasteiger partial charge < -0.3 is 10.4 Å². The van der Waals surface area contributed by atoms with E-state index in [1.807, 2.05) is 0 Å². The third-order valence-corrected chi connectivity index (χ3v) is 5.14. The summed E-state index contributed by atoms with van der Waals surface area (Å²) in [7, 11) is -3.62. The number of carbonyl (C=O) groups is 1. The second kappa shape index (κ2) is 6.13. The van der Waals surface area contributed by atoms with Crippen LogP contribution in [-0.4, -0.2) is 32.1 Å². The first-order valence-corrected chi connectivity index (χ1v) is 8.32. The van der Waals surface area contributed by atoms with E-state index in [2.05, 4.69) is 10.0 Å². The molecule has 0 atom stereocenters. The summed E-state index contributed by atoms with van der Waals surface area (Å²) in [5, 5.41) is 11.8. The van der Waals surface area contributed by atoms with Gasteiger partial charge >= 0.3 is 0 Å². The van der Waals surface area contributed by atoms with E-state index in [0.717, 1.165) is 0 Å². The molecule has 0 radical (unpaired) electrons. The van der Waals surface area contributed by atoms with Gasteiger partial charge in [-0.1, -0.05) is 6.07 Å². The molecule has 0 spiro atoms. The van der Waals surface area contributed by atoms with E-state index in [4.69, 9.17) is 0 Å². The summed E-state index contributed by atoms with van der Waals surface area (Å²) < 4.78 is 27.2. The van der Waals surface area contributed by atoms with Crippen LogP contribution in [0.15, 0.2) is 23.1 Å². The van der Waals surface area contributed by atoms with Crippen molar-refractivity contribution in [3.63, 3.8) is 0 Å². The van der Waals surface area contributed by atoms with Gasteiger partial charge in [-0.15, -0.1) is 0 Å². The SMILES string of the molecule is CC(=O)Nc1ccc(C)c(S(=O)(=O)NCC2CC(O)C2)c1. The van der Waals surface area contributed by atoms with E-state index in [0.29, 0.717) is 30.6 Å². The molecule has 1 aliphatic carbocycles. The maximum Gasteiger partial charge on any atom is 0.240 e. The maximum atomic E-state index is 12.3. The van der Waals surface area contributed by atoms with Crippen LogP contribution in [0.2, 0.25) is 0 Å². The van der Waals surface area contributed by atoms with E-state index in [9.17, 15) is 18.3 Å². The number of sulfonamides is 1. The zero-order chi connectivity index (χ0) is 15.6. The van der Waals surface area contributed by atoms with Crippen molar-refractivity contribution < 1.29 is 18.3 Å². The fraction of sp³-hybridized carbons (Fsp3) is 0.500. The summed E-state index contributed by atoms with van der Waals surface area (Å²) in [6.45, 7) is 3.40. The lowest BCUT2D eigenvalue weighted by atomic mass is 9.83. The Morgan fingerprint density at radius 1 is 1.38 bits per heavy atom. The van der Waals surface area contributed by atoms with Crippen molar-refractivity contribution in [3.05, 3.63) is 23.8 Å². The first-order chi connectivity index (χ1) is 9.78. The lowest BCUT2D eigenvalue weighted by Crippen LogP contribution is -2.38. The van der Waals surface area contributed by atoms with Gasteiger partial charge in [0.15, 0.2) is 0 Å². The zero-order valence-electron chi connectivity index (χ0n) is 12.1. The van der Waals surface area contributed by atoms with Gasteiger partial charge in [-0.3, -0.25) is 4.79 Å². The van der Waals surface area contributed by atoms with Gasteiger partial charge in [0.25, 0.3) is 0 Å². The van der Waals surface area contributed by atoms with Crippen LogP contribution in [0.3, 0.4) is 0 Å². The highest BCUT2D eigenvalue weighted by atomic mass is 32.2. The van der Waals surface area contributed by atoms with Crippen LogP contribution >= 0.6 is 0 Å². The standard InChI is InChI=1S/C14H20N2O4S/c1-9-3-4-12(16-10(2)17)7-14(9)21(19,20)15-8-11-5-13(18)6-11/h3-4,7,11,13,15,18H,5-6,8H2,1-2H3,(H,16,17). The molecule has 1 aromatic carbocycles. The molecule has 1 aliphatic rings. The number of amides is 1. The van der Waals surface area contributed by atoms with Crippen LogP contribution in [0.5, 0.6) is 0 Å². The summed E-state index contributed by atoms with van der Waals surface area (Å²) in [6.07, 6.45) is 0.963. The fourth-order valence-corrected chi connectivity index (χ4v) is 3.73. The lowest BCUT2D eigenvalue weighted by Gasteiger charge is -2.31. The van der Waals surface area contributed by atoms with Crippen molar-refractivity contribution in [1.29, 1.82) is 0 Å². The molecule has 21 heavy (non-hydrogen) atoms. The van der Waals surface area contributed by atoms with Crippen molar-refractivity contribution >= 4 is 21.6 Å². The van der Waals surface area contributed by atoms with Crippen molar-refractivity contribution in [2.75, 3.05) is 11.9 Å². The zero-order valence-corrected chi connectivity index (χ0v) is 12.9. The lowest BCUT2D eigenvalue weighted by molar-refractivity contribution is -0.114. The molecular formula is C14H20N2O4S. The van der Waals surface area contributed by atoms with E-state index in [-0.39, 0.29) is 22.8 Å². The molecule has 1 fully saturated rings. The fourth-order valence-electron chi connectivity index (χ4n) is 2.34. The normalized spacial score (nSPS) is 21.7. The van der Waals surface area contributed by atoms with E-state index < -0.39 is 10.0 Å². The molecular weight excluding hydrogens is 292 g/mol. The van der Waals surface area contributed by atoms with Gasteiger partial charge in [0, 0.05) is 19.2 Å². The first-order valence-electron chi connectivity index (χ1n) is 6.84. The predicted octanol–water partition coefficient (Wildman–Crippen LogP) is 1.00. The highest BCUT2D eigenvalue weighted by molar-refractivity contribution is 7.89. The molecule has 1 saturated carbocycles. The Labute approximate surface area is 124 Å². The molecule has 1 aromatic rings. The third kappa shape index (κ3) is 4.03. The predicted molar refractivity (Wildman–Crippen MR) is 79.4 cm³/mol. The van der Waals surface area contributed by atoms with Gasteiger partial charge in [-0.25, -0.2) is 13.1 Å². The van der Waals surface area contributed by atoms with E-state index in [1.54, 1.807) is 19.1 Å². The Kier molecular flexibility index (Phi) is 4.65. The van der Waals surface area contributed by atoms with E-state index >= 15 is 0 Å². The largest absolute Gasteiger partial charge is 0.393 e. The van der Waals surface area contributed by atoms with Crippen molar-refractivity contribution in [2.45, 2.75) is 37.7 Å². The number of hydrogen-bond donors (Lipinski definition) is 3. The monoisotopic (exact) mass is 312 g/mol. The number of aliphatic hydroxyl groups is 1. The highest BCUT2D eigenvalue weighted by Crippen LogP contribution is 2.27. The minimum atomic E-state index is -3.62.